The van der Waals surface area contributed by atoms with E-state index in [1.54, 1.807) is 6.07 Å². The number of carboxylic acid groups (broad SMARTS) is 1. The molecule has 0 aliphatic rings. The fourth-order valence-corrected chi connectivity index (χ4v) is 0.597. The number of carboxylic acids is 1. The zero-order valence-corrected chi connectivity index (χ0v) is 10.4. The van der Waals surface area contributed by atoms with E-state index in [1.807, 2.05) is 0 Å². The van der Waals surface area contributed by atoms with Crippen LogP contribution in [0.3, 0.4) is 0 Å². The number of nitriles is 1. The van der Waals surface area contributed by atoms with Crippen LogP contribution in [0.5, 0.6) is 0 Å². The van der Waals surface area contributed by atoms with E-state index in [0.29, 0.717) is 0 Å². The van der Waals surface area contributed by atoms with Crippen LogP contribution in [0.1, 0.15) is 12.5 Å². The quantitative estimate of drug-likeness (QED) is 0.401. The van der Waals surface area contributed by atoms with Crippen molar-refractivity contribution in [2.75, 3.05) is 5.73 Å². The van der Waals surface area contributed by atoms with Crippen molar-refractivity contribution in [3.63, 3.8) is 0 Å². The molecule has 0 aliphatic carbocycles. The van der Waals surface area contributed by atoms with Gasteiger partial charge in [0, 0.05) is 6.92 Å². The van der Waals surface area contributed by atoms with Gasteiger partial charge in [0.1, 0.15) is 5.82 Å². The Morgan fingerprint density at radius 2 is 1.79 bits per heavy atom. The molecule has 0 radical (unpaired) electrons. The number of nitrogen functional groups attached to an aromatic ring is 1. The van der Waals surface area contributed by atoms with Gasteiger partial charge in [0.15, 0.2) is 0 Å². The van der Waals surface area contributed by atoms with Crippen molar-refractivity contribution in [3.05, 3.63) is 29.6 Å². The Kier molecular flexibility index (Phi) is 8.87. The van der Waals surface area contributed by atoms with E-state index in [9.17, 15) is 4.39 Å². The van der Waals surface area contributed by atoms with Gasteiger partial charge < -0.3 is 10.8 Å². The van der Waals surface area contributed by atoms with Crippen LogP contribution in [0, 0.1) is 17.1 Å². The third-order valence-electron chi connectivity index (χ3n) is 1.13. The number of nitrogens with two attached hydrogens (primary N) is 1. The van der Waals surface area contributed by atoms with Gasteiger partial charge in [-0.15, -0.1) is 0 Å². The molecular formula is C9H11FN2O6S. The van der Waals surface area contributed by atoms with E-state index < -0.39 is 22.2 Å². The molecule has 0 saturated heterocycles. The van der Waals surface area contributed by atoms with Crippen LogP contribution in [-0.2, 0) is 15.2 Å². The second-order valence-corrected chi connectivity index (χ2v) is 3.71. The van der Waals surface area contributed by atoms with Gasteiger partial charge in [-0.2, -0.15) is 13.7 Å². The molecule has 106 valence electrons. The highest BCUT2D eigenvalue weighted by atomic mass is 32.3. The standard InChI is InChI=1S/C7H5FN2.C2H4O2.H2O4S/c8-6-3-5(4-9)1-2-7(6)10;1-2(3)4;1-5(2,3)4/h1-3H,10H2;1H3,(H,3,4);(H2,1,2,3,4). The molecule has 10 heteroatoms. The van der Waals surface area contributed by atoms with Crippen LogP contribution in [0.15, 0.2) is 18.2 Å². The van der Waals surface area contributed by atoms with Crippen molar-refractivity contribution in [1.82, 2.24) is 0 Å². The van der Waals surface area contributed by atoms with E-state index >= 15 is 0 Å². The highest BCUT2D eigenvalue weighted by molar-refractivity contribution is 7.79. The second kappa shape index (κ2) is 8.81. The molecular weight excluding hydrogens is 283 g/mol. The number of hydrogen-bond donors (Lipinski definition) is 4. The number of rotatable bonds is 0. The molecule has 0 bridgehead atoms. The number of nitrogens with zero attached hydrogens (tertiary/aromatic N) is 1. The van der Waals surface area contributed by atoms with Crippen molar-refractivity contribution >= 4 is 22.1 Å². The normalized spacial score (nSPS) is 9.00. The SMILES string of the molecule is CC(=O)O.N#Cc1ccc(N)c(F)c1.O=S(=O)(O)O. The van der Waals surface area contributed by atoms with E-state index in [4.69, 9.17) is 38.4 Å². The number of hydrogen-bond acceptors (Lipinski definition) is 5. The lowest BCUT2D eigenvalue weighted by Crippen LogP contribution is -1.89. The zero-order chi connectivity index (χ0) is 15.6. The van der Waals surface area contributed by atoms with E-state index in [2.05, 4.69) is 0 Å². The molecule has 0 aromatic heterocycles. The molecule has 0 saturated carbocycles. The first-order chi connectivity index (χ1) is 8.47. The first-order valence-corrected chi connectivity index (χ1v) is 5.71. The van der Waals surface area contributed by atoms with Crippen molar-refractivity contribution in [1.29, 1.82) is 5.26 Å². The van der Waals surface area contributed by atoms with E-state index in [-0.39, 0.29) is 11.3 Å². The molecule has 1 aromatic rings. The Morgan fingerprint density at radius 1 is 1.42 bits per heavy atom. The van der Waals surface area contributed by atoms with Crippen LogP contribution in [-0.4, -0.2) is 28.6 Å². The molecule has 5 N–H and O–H groups in total. The smallest absolute Gasteiger partial charge is 0.394 e. The molecule has 0 heterocycles. The van der Waals surface area contributed by atoms with Gasteiger partial charge >= 0.3 is 10.4 Å². The van der Waals surface area contributed by atoms with Crippen LogP contribution < -0.4 is 5.73 Å². The van der Waals surface area contributed by atoms with Crippen LogP contribution in [0.2, 0.25) is 0 Å². The Labute approximate surface area is 108 Å². The van der Waals surface area contributed by atoms with Gasteiger partial charge in [-0.25, -0.2) is 4.39 Å². The Morgan fingerprint density at radius 3 is 2.05 bits per heavy atom. The maximum Gasteiger partial charge on any atom is 0.394 e. The van der Waals surface area contributed by atoms with Crippen LogP contribution in [0.4, 0.5) is 10.1 Å². The maximum absolute atomic E-state index is 12.5. The minimum Gasteiger partial charge on any atom is -0.481 e. The molecule has 8 nitrogen and oxygen atoms in total. The number of benzene rings is 1. The van der Waals surface area contributed by atoms with Crippen LogP contribution >= 0.6 is 0 Å². The maximum atomic E-state index is 12.5. The van der Waals surface area contributed by atoms with Gasteiger partial charge in [-0.1, -0.05) is 0 Å². The number of halogens is 1. The van der Waals surface area contributed by atoms with Crippen LogP contribution in [0.25, 0.3) is 0 Å². The van der Waals surface area contributed by atoms with Gasteiger partial charge in [-0.05, 0) is 18.2 Å². The van der Waals surface area contributed by atoms with Gasteiger partial charge in [0.2, 0.25) is 0 Å². The number of carbonyl (C=O) groups is 1. The van der Waals surface area contributed by atoms with Crippen molar-refractivity contribution in [2.45, 2.75) is 6.92 Å². The van der Waals surface area contributed by atoms with Gasteiger partial charge in [-0.3, -0.25) is 13.9 Å². The summed E-state index contributed by atoms with van der Waals surface area (Å²) in [4.78, 5) is 9.00. The largest absolute Gasteiger partial charge is 0.481 e. The minimum absolute atomic E-state index is 0.0685. The van der Waals surface area contributed by atoms with Gasteiger partial charge in [0.25, 0.3) is 5.97 Å². The summed E-state index contributed by atoms with van der Waals surface area (Å²) >= 11 is 0. The highest BCUT2D eigenvalue weighted by Crippen LogP contribution is 2.10. The molecule has 1 rings (SSSR count). The van der Waals surface area contributed by atoms with Crippen molar-refractivity contribution in [2.24, 2.45) is 0 Å². The molecule has 0 atom stereocenters. The molecule has 0 spiro atoms. The minimum atomic E-state index is -4.67. The summed E-state index contributed by atoms with van der Waals surface area (Å²) in [5.41, 5.74) is 5.51. The lowest BCUT2D eigenvalue weighted by atomic mass is 10.2. The predicted octanol–water partition coefficient (Wildman–Crippen LogP) is 0.718. The lowest BCUT2D eigenvalue weighted by molar-refractivity contribution is -0.134. The second-order valence-electron chi connectivity index (χ2n) is 2.81. The lowest BCUT2D eigenvalue weighted by Gasteiger charge is -1.93. The van der Waals surface area contributed by atoms with E-state index in [0.717, 1.165) is 13.0 Å². The summed E-state index contributed by atoms with van der Waals surface area (Å²) in [6.45, 7) is 1.08. The van der Waals surface area contributed by atoms with Gasteiger partial charge in [0.05, 0.1) is 17.3 Å². The number of aliphatic carboxylic acids is 1. The molecule has 0 unspecified atom stereocenters. The van der Waals surface area contributed by atoms with Crippen molar-refractivity contribution < 1.29 is 31.8 Å². The molecule has 0 amide bonds. The van der Waals surface area contributed by atoms with E-state index in [1.165, 1.54) is 12.1 Å². The predicted molar refractivity (Wildman–Crippen MR) is 63.0 cm³/mol. The molecule has 0 fully saturated rings. The summed E-state index contributed by atoms with van der Waals surface area (Å²) in [6.07, 6.45) is 0. The first kappa shape index (κ1) is 19.1. The average molecular weight is 294 g/mol. The first-order valence-electron chi connectivity index (χ1n) is 4.32. The third-order valence-corrected chi connectivity index (χ3v) is 1.13. The fourth-order valence-electron chi connectivity index (χ4n) is 0.597. The Hall–Kier alpha value is -2.22. The Bertz CT molecular complexity index is 555. The molecule has 0 aliphatic heterocycles. The summed E-state index contributed by atoms with van der Waals surface area (Å²) in [5.74, 6) is -1.38. The highest BCUT2D eigenvalue weighted by Gasteiger charge is 1.97. The summed E-state index contributed by atoms with van der Waals surface area (Å²) in [6, 6.07) is 5.75. The zero-order valence-electron chi connectivity index (χ0n) is 9.61. The molecule has 19 heavy (non-hydrogen) atoms. The summed E-state index contributed by atoms with van der Waals surface area (Å²) in [5, 5.41) is 15.7. The summed E-state index contributed by atoms with van der Waals surface area (Å²) in [7, 11) is -4.67. The average Bonchev–Trinajstić information content (AvgIpc) is 2.19. The topological polar surface area (TPSA) is 162 Å². The Balaban J connectivity index is 0. The molecule has 1 aromatic carbocycles. The monoisotopic (exact) mass is 294 g/mol. The number of anilines is 1. The third kappa shape index (κ3) is 18.3. The fraction of sp³-hybridized carbons (Fsp3) is 0.111. The summed E-state index contributed by atoms with van der Waals surface area (Å²) < 4.78 is 44.1. The van der Waals surface area contributed by atoms with Crippen molar-refractivity contribution in [3.8, 4) is 6.07 Å².